The Bertz CT molecular complexity index is 785. The van der Waals surface area contributed by atoms with Crippen LogP contribution in [0.15, 0.2) is 48.5 Å². The Morgan fingerprint density at radius 1 is 1.04 bits per heavy atom. The van der Waals surface area contributed by atoms with Crippen molar-refractivity contribution in [3.63, 3.8) is 0 Å². The monoisotopic (exact) mass is 353 g/mol. The predicted molar refractivity (Wildman–Crippen MR) is 101 cm³/mol. The quantitative estimate of drug-likeness (QED) is 0.867. The van der Waals surface area contributed by atoms with Gasteiger partial charge in [-0.3, -0.25) is 14.5 Å². The third-order valence-corrected chi connectivity index (χ3v) is 4.21. The molecule has 6 heteroatoms. The van der Waals surface area contributed by atoms with Gasteiger partial charge in [-0.25, -0.2) is 0 Å². The summed E-state index contributed by atoms with van der Waals surface area (Å²) < 4.78 is 5.39. The molecule has 1 fully saturated rings. The SMILES string of the molecule is CC(=O)Nc1cccc(C(=O)Nc2ccccc2CN2CCOCC2)c1. The van der Waals surface area contributed by atoms with E-state index >= 15 is 0 Å². The van der Waals surface area contributed by atoms with Gasteiger partial charge in [0, 0.05) is 43.5 Å². The van der Waals surface area contributed by atoms with Crippen molar-refractivity contribution < 1.29 is 14.3 Å². The molecule has 0 spiro atoms. The summed E-state index contributed by atoms with van der Waals surface area (Å²) >= 11 is 0. The Morgan fingerprint density at radius 3 is 2.58 bits per heavy atom. The normalized spacial score (nSPS) is 14.7. The molecule has 1 aliphatic rings. The molecule has 2 N–H and O–H groups in total. The molecule has 1 heterocycles. The topological polar surface area (TPSA) is 70.7 Å². The van der Waals surface area contributed by atoms with Crippen LogP contribution in [0.5, 0.6) is 0 Å². The lowest BCUT2D eigenvalue weighted by atomic mass is 10.1. The molecule has 6 nitrogen and oxygen atoms in total. The van der Waals surface area contributed by atoms with Crippen molar-refractivity contribution in [1.29, 1.82) is 0 Å². The van der Waals surface area contributed by atoms with Crippen molar-refractivity contribution in [2.24, 2.45) is 0 Å². The number of ether oxygens (including phenoxy) is 1. The third-order valence-electron chi connectivity index (χ3n) is 4.21. The summed E-state index contributed by atoms with van der Waals surface area (Å²) in [7, 11) is 0. The largest absolute Gasteiger partial charge is 0.379 e. The Balaban J connectivity index is 1.72. The summed E-state index contributed by atoms with van der Waals surface area (Å²) in [5, 5.41) is 5.68. The number of carbonyl (C=O) groups is 2. The zero-order valence-electron chi connectivity index (χ0n) is 14.8. The van der Waals surface area contributed by atoms with Crippen LogP contribution < -0.4 is 10.6 Å². The summed E-state index contributed by atoms with van der Waals surface area (Å²) in [6, 6.07) is 14.7. The fraction of sp³-hybridized carbons (Fsp3) is 0.300. The highest BCUT2D eigenvalue weighted by molar-refractivity contribution is 6.05. The predicted octanol–water partition coefficient (Wildman–Crippen LogP) is 2.73. The maximum Gasteiger partial charge on any atom is 0.255 e. The second-order valence-corrected chi connectivity index (χ2v) is 6.26. The molecule has 0 radical (unpaired) electrons. The summed E-state index contributed by atoms with van der Waals surface area (Å²) in [4.78, 5) is 26.1. The zero-order chi connectivity index (χ0) is 18.4. The van der Waals surface area contributed by atoms with Gasteiger partial charge in [-0.1, -0.05) is 24.3 Å². The molecule has 0 bridgehead atoms. The molecule has 1 aliphatic heterocycles. The highest BCUT2D eigenvalue weighted by Gasteiger charge is 2.14. The number of rotatable bonds is 5. The van der Waals surface area contributed by atoms with Gasteiger partial charge in [-0.2, -0.15) is 0 Å². The van der Waals surface area contributed by atoms with Crippen LogP contribution in [0, 0.1) is 0 Å². The van der Waals surface area contributed by atoms with Gasteiger partial charge in [0.2, 0.25) is 5.91 Å². The number of nitrogens with one attached hydrogen (secondary N) is 2. The molecule has 0 saturated carbocycles. The lowest BCUT2D eigenvalue weighted by Gasteiger charge is -2.27. The van der Waals surface area contributed by atoms with Gasteiger partial charge in [-0.05, 0) is 29.8 Å². The van der Waals surface area contributed by atoms with E-state index in [9.17, 15) is 9.59 Å². The molecule has 3 rings (SSSR count). The van der Waals surface area contributed by atoms with Gasteiger partial charge < -0.3 is 15.4 Å². The fourth-order valence-corrected chi connectivity index (χ4v) is 2.92. The number of nitrogens with zero attached hydrogens (tertiary/aromatic N) is 1. The Labute approximate surface area is 153 Å². The minimum Gasteiger partial charge on any atom is -0.379 e. The van der Waals surface area contributed by atoms with Crippen LogP contribution in [-0.4, -0.2) is 43.0 Å². The molecule has 0 unspecified atom stereocenters. The number of morpholine rings is 1. The molecule has 0 aliphatic carbocycles. The van der Waals surface area contributed by atoms with Crippen LogP contribution in [0.3, 0.4) is 0 Å². The zero-order valence-corrected chi connectivity index (χ0v) is 14.8. The van der Waals surface area contributed by atoms with Gasteiger partial charge in [0.15, 0.2) is 0 Å². The number of benzene rings is 2. The van der Waals surface area contributed by atoms with E-state index in [0.29, 0.717) is 11.3 Å². The number of carbonyl (C=O) groups excluding carboxylic acids is 2. The van der Waals surface area contributed by atoms with E-state index in [0.717, 1.165) is 44.1 Å². The molecule has 2 amide bonds. The van der Waals surface area contributed by atoms with Crippen molar-refractivity contribution in [2.75, 3.05) is 36.9 Å². The first-order valence-electron chi connectivity index (χ1n) is 8.69. The molecule has 2 aromatic rings. The van der Waals surface area contributed by atoms with Gasteiger partial charge in [0.25, 0.3) is 5.91 Å². The molecule has 0 atom stereocenters. The molecular formula is C20H23N3O3. The van der Waals surface area contributed by atoms with E-state index in [2.05, 4.69) is 15.5 Å². The molecule has 2 aromatic carbocycles. The van der Waals surface area contributed by atoms with Crippen LogP contribution in [0.1, 0.15) is 22.8 Å². The number of anilines is 2. The second-order valence-electron chi connectivity index (χ2n) is 6.26. The second kappa shape index (κ2) is 8.60. The molecule has 0 aromatic heterocycles. The van der Waals surface area contributed by atoms with E-state index in [4.69, 9.17) is 4.74 Å². The van der Waals surface area contributed by atoms with Crippen molar-refractivity contribution >= 4 is 23.2 Å². The molecule has 26 heavy (non-hydrogen) atoms. The van der Waals surface area contributed by atoms with Crippen LogP contribution in [-0.2, 0) is 16.1 Å². The van der Waals surface area contributed by atoms with Gasteiger partial charge in [0.1, 0.15) is 0 Å². The van der Waals surface area contributed by atoms with E-state index in [1.807, 2.05) is 24.3 Å². The summed E-state index contributed by atoms with van der Waals surface area (Å²) in [5.41, 5.74) is 2.97. The molecule has 136 valence electrons. The number of para-hydroxylation sites is 1. The van der Waals surface area contributed by atoms with Gasteiger partial charge >= 0.3 is 0 Å². The van der Waals surface area contributed by atoms with E-state index in [1.165, 1.54) is 6.92 Å². The third kappa shape index (κ3) is 4.91. The maximum absolute atomic E-state index is 12.6. The maximum atomic E-state index is 12.6. The van der Waals surface area contributed by atoms with Gasteiger partial charge in [-0.15, -0.1) is 0 Å². The van der Waals surface area contributed by atoms with E-state index in [-0.39, 0.29) is 11.8 Å². The van der Waals surface area contributed by atoms with Crippen molar-refractivity contribution in [1.82, 2.24) is 4.90 Å². The van der Waals surface area contributed by atoms with E-state index in [1.54, 1.807) is 24.3 Å². The smallest absolute Gasteiger partial charge is 0.255 e. The Kier molecular flexibility index (Phi) is 5.99. The lowest BCUT2D eigenvalue weighted by Crippen LogP contribution is -2.35. The van der Waals surface area contributed by atoms with Crippen molar-refractivity contribution in [2.45, 2.75) is 13.5 Å². The number of amides is 2. The minimum absolute atomic E-state index is 0.168. The first-order valence-corrected chi connectivity index (χ1v) is 8.69. The standard InChI is InChI=1S/C20H23N3O3/c1-15(24)21-18-7-4-6-16(13-18)20(25)22-19-8-3-2-5-17(19)14-23-9-11-26-12-10-23/h2-8,13H,9-12,14H2,1H3,(H,21,24)(H,22,25). The molecule has 1 saturated heterocycles. The summed E-state index contributed by atoms with van der Waals surface area (Å²) in [6.45, 7) is 5.47. The van der Waals surface area contributed by atoms with E-state index < -0.39 is 0 Å². The van der Waals surface area contributed by atoms with Crippen molar-refractivity contribution in [3.8, 4) is 0 Å². The van der Waals surface area contributed by atoms with Crippen LogP contribution >= 0.6 is 0 Å². The summed E-state index contributed by atoms with van der Waals surface area (Å²) in [5.74, 6) is -0.370. The van der Waals surface area contributed by atoms with Gasteiger partial charge in [0.05, 0.1) is 13.2 Å². The minimum atomic E-state index is -0.202. The van der Waals surface area contributed by atoms with Crippen molar-refractivity contribution in [3.05, 3.63) is 59.7 Å². The highest BCUT2D eigenvalue weighted by Crippen LogP contribution is 2.20. The number of hydrogen-bond donors (Lipinski definition) is 2. The fourth-order valence-electron chi connectivity index (χ4n) is 2.92. The Morgan fingerprint density at radius 2 is 1.81 bits per heavy atom. The van der Waals surface area contributed by atoms with Crippen LogP contribution in [0.2, 0.25) is 0 Å². The highest BCUT2D eigenvalue weighted by atomic mass is 16.5. The lowest BCUT2D eigenvalue weighted by molar-refractivity contribution is -0.114. The van der Waals surface area contributed by atoms with Crippen LogP contribution in [0.4, 0.5) is 11.4 Å². The average Bonchev–Trinajstić information content (AvgIpc) is 2.64. The van der Waals surface area contributed by atoms with Crippen LogP contribution in [0.25, 0.3) is 0 Å². The first kappa shape index (κ1) is 18.1. The summed E-state index contributed by atoms with van der Waals surface area (Å²) in [6.07, 6.45) is 0. The number of hydrogen-bond acceptors (Lipinski definition) is 4. The Hall–Kier alpha value is -2.70. The first-order chi connectivity index (χ1) is 12.6. The average molecular weight is 353 g/mol. The molecular weight excluding hydrogens is 330 g/mol.